The molecule has 0 aliphatic rings. The van der Waals surface area contributed by atoms with Gasteiger partial charge in [0.2, 0.25) is 0 Å². The van der Waals surface area contributed by atoms with Crippen molar-refractivity contribution in [2.75, 3.05) is 0 Å². The molecule has 1 aromatic heterocycles. The minimum absolute atomic E-state index is 0.382. The number of benzene rings is 1. The molecule has 2 N–H and O–H groups in total. The van der Waals surface area contributed by atoms with Gasteiger partial charge in [-0.3, -0.25) is 4.79 Å². The van der Waals surface area contributed by atoms with Crippen molar-refractivity contribution < 1.29 is 14.7 Å². The first-order chi connectivity index (χ1) is 10.1. The highest BCUT2D eigenvalue weighted by atomic mass is 16.4. The lowest BCUT2D eigenvalue weighted by Gasteiger charge is -2.13. The summed E-state index contributed by atoms with van der Waals surface area (Å²) in [7, 11) is 0. The normalized spacial score (nSPS) is 12.3. The van der Waals surface area contributed by atoms with Gasteiger partial charge >= 0.3 is 5.97 Å². The molecule has 0 aliphatic carbocycles. The average molecular weight is 290 g/mol. The number of rotatable bonds is 6. The Bertz CT molecular complexity index is 665. The highest BCUT2D eigenvalue weighted by molar-refractivity contribution is 5.99. The summed E-state index contributed by atoms with van der Waals surface area (Å²) in [6.45, 7) is 4.52. The molecule has 2 rings (SSSR count). The molecule has 0 spiro atoms. The summed E-state index contributed by atoms with van der Waals surface area (Å²) in [5.41, 5.74) is 1.84. The zero-order valence-corrected chi connectivity index (χ0v) is 12.0. The maximum atomic E-state index is 12.1. The Morgan fingerprint density at radius 2 is 2.14 bits per heavy atom. The van der Waals surface area contributed by atoms with Crippen LogP contribution in [0.3, 0.4) is 0 Å². The first-order valence-electron chi connectivity index (χ1n) is 6.93. The van der Waals surface area contributed by atoms with E-state index >= 15 is 0 Å². The standard InChI is InChI=1S/C14H18N4O3/c1-3-5-10(14(20)21)15-13(19)9-6-7-12-11(8-9)16-17-18(12)4-2/h6-8,10H,3-5H2,1-2H3,(H,15,19)(H,20,21). The zero-order chi connectivity index (χ0) is 15.4. The van der Waals surface area contributed by atoms with Crippen LogP contribution in [0.1, 0.15) is 37.0 Å². The maximum absolute atomic E-state index is 12.1. The Morgan fingerprint density at radius 1 is 1.38 bits per heavy atom. The van der Waals surface area contributed by atoms with Crippen molar-refractivity contribution in [3.05, 3.63) is 23.8 Å². The van der Waals surface area contributed by atoms with Crippen molar-refractivity contribution in [2.24, 2.45) is 0 Å². The van der Waals surface area contributed by atoms with Crippen LogP contribution >= 0.6 is 0 Å². The number of aromatic nitrogens is 3. The minimum atomic E-state index is -1.02. The van der Waals surface area contributed by atoms with E-state index in [1.807, 2.05) is 13.8 Å². The van der Waals surface area contributed by atoms with Gasteiger partial charge < -0.3 is 10.4 Å². The number of nitrogens with one attached hydrogen (secondary N) is 1. The van der Waals surface area contributed by atoms with E-state index in [2.05, 4.69) is 15.6 Å². The van der Waals surface area contributed by atoms with Gasteiger partial charge in [0.05, 0.1) is 5.52 Å². The third-order valence-corrected chi connectivity index (χ3v) is 3.26. The molecule has 2 aromatic rings. The quantitative estimate of drug-likeness (QED) is 0.839. The van der Waals surface area contributed by atoms with Gasteiger partial charge in [0.1, 0.15) is 11.6 Å². The molecule has 1 heterocycles. The van der Waals surface area contributed by atoms with Crippen molar-refractivity contribution >= 4 is 22.9 Å². The number of carbonyl (C=O) groups is 2. The Balaban J connectivity index is 2.21. The fourth-order valence-corrected chi connectivity index (χ4v) is 2.13. The number of fused-ring (bicyclic) bond motifs is 1. The van der Waals surface area contributed by atoms with Crippen LogP contribution in [-0.2, 0) is 11.3 Å². The molecule has 1 atom stereocenters. The maximum Gasteiger partial charge on any atom is 0.326 e. The number of carbonyl (C=O) groups excluding carboxylic acids is 1. The van der Waals surface area contributed by atoms with Crippen LogP contribution in [0.5, 0.6) is 0 Å². The Morgan fingerprint density at radius 3 is 2.76 bits per heavy atom. The molecule has 0 aliphatic heterocycles. The van der Waals surface area contributed by atoms with Gasteiger partial charge in [-0.25, -0.2) is 9.48 Å². The van der Waals surface area contributed by atoms with Gasteiger partial charge in [-0.2, -0.15) is 0 Å². The summed E-state index contributed by atoms with van der Waals surface area (Å²) in [6.07, 6.45) is 1.08. The average Bonchev–Trinajstić information content (AvgIpc) is 2.88. The van der Waals surface area contributed by atoms with Gasteiger partial charge in [0.15, 0.2) is 0 Å². The van der Waals surface area contributed by atoms with Gasteiger partial charge in [-0.1, -0.05) is 18.6 Å². The number of carboxylic acid groups (broad SMARTS) is 1. The lowest BCUT2D eigenvalue weighted by Crippen LogP contribution is -2.40. The molecule has 0 saturated carbocycles. The second-order valence-corrected chi connectivity index (χ2v) is 4.76. The van der Waals surface area contributed by atoms with Crippen molar-refractivity contribution in [3.63, 3.8) is 0 Å². The lowest BCUT2D eigenvalue weighted by molar-refractivity contribution is -0.139. The number of hydrogen-bond donors (Lipinski definition) is 2. The van der Waals surface area contributed by atoms with Crippen LogP contribution in [0.2, 0.25) is 0 Å². The summed E-state index contributed by atoms with van der Waals surface area (Å²) >= 11 is 0. The Labute approximate surface area is 121 Å². The molecule has 1 aromatic carbocycles. The van der Waals surface area contributed by atoms with Crippen LogP contribution < -0.4 is 5.32 Å². The van der Waals surface area contributed by atoms with Crippen molar-refractivity contribution in [1.82, 2.24) is 20.3 Å². The zero-order valence-electron chi connectivity index (χ0n) is 12.0. The van der Waals surface area contributed by atoms with Crippen molar-refractivity contribution in [1.29, 1.82) is 0 Å². The lowest BCUT2D eigenvalue weighted by atomic mass is 10.1. The summed E-state index contributed by atoms with van der Waals surface area (Å²) in [5, 5.41) is 19.6. The number of aliphatic carboxylic acids is 1. The number of nitrogens with zero attached hydrogens (tertiary/aromatic N) is 3. The smallest absolute Gasteiger partial charge is 0.326 e. The van der Waals surface area contributed by atoms with Crippen LogP contribution in [0.15, 0.2) is 18.2 Å². The van der Waals surface area contributed by atoms with E-state index in [0.717, 1.165) is 5.52 Å². The fraction of sp³-hybridized carbons (Fsp3) is 0.429. The van der Waals surface area contributed by atoms with E-state index in [1.165, 1.54) is 0 Å². The second kappa shape index (κ2) is 6.34. The molecule has 7 nitrogen and oxygen atoms in total. The first-order valence-corrected chi connectivity index (χ1v) is 6.93. The Kier molecular flexibility index (Phi) is 4.52. The molecule has 112 valence electrons. The molecule has 1 amide bonds. The number of amides is 1. The molecular formula is C14H18N4O3. The topological polar surface area (TPSA) is 97.1 Å². The van der Waals surface area contributed by atoms with E-state index in [-0.39, 0.29) is 0 Å². The van der Waals surface area contributed by atoms with E-state index in [9.17, 15) is 9.59 Å². The second-order valence-electron chi connectivity index (χ2n) is 4.76. The highest BCUT2D eigenvalue weighted by Crippen LogP contribution is 2.13. The monoisotopic (exact) mass is 290 g/mol. The number of hydrogen-bond acceptors (Lipinski definition) is 4. The van der Waals surface area contributed by atoms with Crippen LogP contribution in [0.25, 0.3) is 11.0 Å². The summed E-state index contributed by atoms with van der Waals surface area (Å²) < 4.78 is 1.73. The molecule has 0 saturated heterocycles. The third-order valence-electron chi connectivity index (χ3n) is 3.26. The Hall–Kier alpha value is -2.44. The van der Waals surface area contributed by atoms with E-state index < -0.39 is 17.9 Å². The predicted octanol–water partition coefficient (Wildman–Crippen LogP) is 1.43. The van der Waals surface area contributed by atoms with Gasteiger partial charge in [0.25, 0.3) is 5.91 Å². The summed E-state index contributed by atoms with van der Waals surface area (Å²) in [6, 6.07) is 4.17. The van der Waals surface area contributed by atoms with Crippen LogP contribution in [0.4, 0.5) is 0 Å². The molecule has 21 heavy (non-hydrogen) atoms. The SMILES string of the molecule is CCCC(NC(=O)c1ccc2c(c1)nnn2CC)C(=O)O. The van der Waals surface area contributed by atoms with Gasteiger partial charge in [-0.15, -0.1) is 5.10 Å². The largest absolute Gasteiger partial charge is 0.480 e. The van der Waals surface area contributed by atoms with E-state index in [1.54, 1.807) is 22.9 Å². The van der Waals surface area contributed by atoms with Crippen molar-refractivity contribution in [2.45, 2.75) is 39.3 Å². The molecule has 0 fully saturated rings. The van der Waals surface area contributed by atoms with E-state index in [0.29, 0.717) is 30.5 Å². The summed E-state index contributed by atoms with van der Waals surface area (Å²) in [5.74, 6) is -1.44. The summed E-state index contributed by atoms with van der Waals surface area (Å²) in [4.78, 5) is 23.2. The molecular weight excluding hydrogens is 272 g/mol. The van der Waals surface area contributed by atoms with Crippen LogP contribution in [-0.4, -0.2) is 38.0 Å². The number of aryl methyl sites for hydroxylation is 1. The minimum Gasteiger partial charge on any atom is -0.480 e. The first kappa shape index (κ1) is 15.0. The fourth-order valence-electron chi connectivity index (χ4n) is 2.13. The molecule has 0 bridgehead atoms. The highest BCUT2D eigenvalue weighted by Gasteiger charge is 2.20. The molecule has 7 heteroatoms. The number of carboxylic acids is 1. The predicted molar refractivity (Wildman–Crippen MR) is 77.0 cm³/mol. The molecule has 1 unspecified atom stereocenters. The van der Waals surface area contributed by atoms with Gasteiger partial charge in [-0.05, 0) is 31.5 Å². The van der Waals surface area contributed by atoms with E-state index in [4.69, 9.17) is 5.11 Å². The van der Waals surface area contributed by atoms with Crippen LogP contribution in [0, 0.1) is 0 Å². The third kappa shape index (κ3) is 3.18. The van der Waals surface area contributed by atoms with Crippen molar-refractivity contribution in [3.8, 4) is 0 Å². The molecule has 0 radical (unpaired) electrons. The van der Waals surface area contributed by atoms with Gasteiger partial charge in [0, 0.05) is 12.1 Å².